The molecule has 3 N–H and O–H groups in total. The number of anilines is 1. The number of methoxy groups -OCH3 is 1. The molecule has 2 atom stereocenters. The van der Waals surface area contributed by atoms with Crippen LogP contribution in [0.1, 0.15) is 46.7 Å². The number of fused-ring (bicyclic) bond motifs is 3. The maximum Gasteiger partial charge on any atom is 0.490 e. The van der Waals surface area contributed by atoms with E-state index in [1.54, 1.807) is 7.11 Å². The Bertz CT molecular complexity index is 1780. The Morgan fingerprint density at radius 1 is 1.11 bits per heavy atom. The van der Waals surface area contributed by atoms with Gasteiger partial charge < -0.3 is 19.9 Å². The van der Waals surface area contributed by atoms with E-state index in [4.69, 9.17) is 19.4 Å². The molecule has 4 aromatic rings. The van der Waals surface area contributed by atoms with E-state index in [1.807, 2.05) is 18.2 Å². The Kier molecular flexibility index (Phi) is 8.58. The van der Waals surface area contributed by atoms with Gasteiger partial charge in [0.15, 0.2) is 0 Å². The van der Waals surface area contributed by atoms with Crippen LogP contribution in [0.25, 0.3) is 23.1 Å². The highest BCUT2D eigenvalue weighted by molar-refractivity contribution is 6.10. The maximum atomic E-state index is 13.0. The summed E-state index contributed by atoms with van der Waals surface area (Å²) in [6.45, 7) is 4.73. The average molecular weight is 635 g/mol. The molecule has 2 fully saturated rings. The van der Waals surface area contributed by atoms with Crippen molar-refractivity contribution in [3.63, 3.8) is 0 Å². The number of amides is 1. The number of alkyl halides is 3. The first-order valence-electron chi connectivity index (χ1n) is 14.9. The number of nitrogens with one attached hydrogen (secondary N) is 2. The van der Waals surface area contributed by atoms with E-state index in [2.05, 4.69) is 75.0 Å². The van der Waals surface area contributed by atoms with Gasteiger partial charge in [0, 0.05) is 43.2 Å². The molecule has 1 saturated carbocycles. The largest absolute Gasteiger partial charge is 0.497 e. The van der Waals surface area contributed by atoms with Crippen molar-refractivity contribution >= 4 is 40.6 Å². The molecule has 0 bridgehead atoms. The number of aromatic nitrogens is 2. The van der Waals surface area contributed by atoms with Gasteiger partial charge in [0.25, 0.3) is 0 Å². The van der Waals surface area contributed by atoms with Crippen molar-refractivity contribution in [2.75, 3.05) is 38.7 Å². The van der Waals surface area contributed by atoms with Gasteiger partial charge in [-0.05, 0) is 65.4 Å². The summed E-state index contributed by atoms with van der Waals surface area (Å²) in [4.78, 5) is 24.4. The molecule has 7 rings (SSSR count). The third kappa shape index (κ3) is 6.35. The predicted molar refractivity (Wildman–Crippen MR) is 167 cm³/mol. The summed E-state index contributed by atoms with van der Waals surface area (Å²) in [5, 5.41) is 19.0. The molecule has 12 heteroatoms. The van der Waals surface area contributed by atoms with E-state index < -0.39 is 17.6 Å². The molecule has 0 unspecified atom stereocenters. The number of H-pyrrole nitrogens is 1. The maximum absolute atomic E-state index is 13.0. The Labute approximate surface area is 263 Å². The number of carboxylic acids is 1. The lowest BCUT2D eigenvalue weighted by Crippen LogP contribution is -2.25. The number of aliphatic carboxylic acids is 1. The highest BCUT2D eigenvalue weighted by atomic mass is 19.4. The first-order valence-corrected chi connectivity index (χ1v) is 14.9. The fourth-order valence-corrected chi connectivity index (χ4v) is 6.22. The summed E-state index contributed by atoms with van der Waals surface area (Å²) in [5.41, 5.74) is 6.93. The molecular formula is C34H33F3N4O5. The highest BCUT2D eigenvalue weighted by Gasteiger charge is 2.65. The number of rotatable bonds is 6. The van der Waals surface area contributed by atoms with Crippen LogP contribution in [0.4, 0.5) is 18.9 Å². The number of carbonyl (C=O) groups excluding carboxylic acids is 1. The minimum absolute atomic E-state index is 0.0792. The molecule has 1 saturated heterocycles. The Hall–Kier alpha value is -4.68. The van der Waals surface area contributed by atoms with Crippen molar-refractivity contribution in [2.45, 2.75) is 36.9 Å². The normalized spacial score (nSPS) is 21.0. The van der Waals surface area contributed by atoms with Crippen LogP contribution in [-0.2, 0) is 26.3 Å². The lowest BCUT2D eigenvalue weighted by atomic mass is 9.91. The van der Waals surface area contributed by atoms with Gasteiger partial charge in [0.2, 0.25) is 5.91 Å². The monoisotopic (exact) mass is 634 g/mol. The second-order valence-electron chi connectivity index (χ2n) is 11.6. The molecule has 1 amide bonds. The number of carbonyl (C=O) groups is 2. The second-order valence-corrected chi connectivity index (χ2v) is 11.6. The SMILES string of the molecule is COc1ccc2c(c1)[C@]1(C[C@H]1c1ccc3c(C=Cc4ccc(CN5CCCOCC5)cc4)n[nH]c3c1)C(=O)N2.O=C(O)C(F)(F)F. The predicted octanol–water partition coefficient (Wildman–Crippen LogP) is 5.97. The lowest BCUT2D eigenvalue weighted by Gasteiger charge is -2.19. The quantitative estimate of drug-likeness (QED) is 0.239. The first kappa shape index (κ1) is 31.3. The fourth-order valence-electron chi connectivity index (χ4n) is 6.22. The van der Waals surface area contributed by atoms with E-state index in [1.165, 1.54) is 5.56 Å². The molecular weight excluding hydrogens is 601 g/mol. The van der Waals surface area contributed by atoms with Gasteiger partial charge in [-0.2, -0.15) is 18.3 Å². The Morgan fingerprint density at radius 3 is 2.63 bits per heavy atom. The molecule has 9 nitrogen and oxygen atoms in total. The molecule has 2 aliphatic heterocycles. The van der Waals surface area contributed by atoms with Crippen LogP contribution >= 0.6 is 0 Å². The van der Waals surface area contributed by atoms with Crippen LogP contribution in [0.5, 0.6) is 5.75 Å². The number of halogens is 3. The third-order valence-corrected chi connectivity index (χ3v) is 8.72. The number of ether oxygens (including phenoxy) is 2. The fraction of sp³-hybridized carbons (Fsp3) is 0.324. The van der Waals surface area contributed by atoms with Crippen LogP contribution in [0.2, 0.25) is 0 Å². The zero-order valence-corrected chi connectivity index (χ0v) is 25.1. The van der Waals surface area contributed by atoms with Crippen molar-refractivity contribution in [1.29, 1.82) is 0 Å². The summed E-state index contributed by atoms with van der Waals surface area (Å²) >= 11 is 0. The molecule has 1 aromatic heterocycles. The van der Waals surface area contributed by atoms with Crippen LogP contribution < -0.4 is 10.1 Å². The van der Waals surface area contributed by atoms with Crippen molar-refractivity contribution in [1.82, 2.24) is 15.1 Å². The van der Waals surface area contributed by atoms with Gasteiger partial charge in [-0.1, -0.05) is 42.5 Å². The van der Waals surface area contributed by atoms with Gasteiger partial charge in [0.1, 0.15) is 5.75 Å². The first-order chi connectivity index (χ1) is 22.1. The molecule has 3 aromatic carbocycles. The van der Waals surface area contributed by atoms with Gasteiger partial charge in [-0.15, -0.1) is 0 Å². The van der Waals surface area contributed by atoms with Crippen LogP contribution in [0, 0.1) is 0 Å². The highest BCUT2D eigenvalue weighted by Crippen LogP contribution is 2.65. The molecule has 3 aliphatic rings. The van der Waals surface area contributed by atoms with Gasteiger partial charge in [-0.25, -0.2) is 4.79 Å². The Morgan fingerprint density at radius 2 is 1.89 bits per heavy atom. The zero-order chi connectivity index (χ0) is 32.5. The number of hydrogen-bond acceptors (Lipinski definition) is 6. The van der Waals surface area contributed by atoms with Crippen molar-refractivity contribution in [2.24, 2.45) is 0 Å². The van der Waals surface area contributed by atoms with Crippen molar-refractivity contribution in [3.05, 3.63) is 88.6 Å². The molecule has 3 heterocycles. The van der Waals surface area contributed by atoms with E-state index >= 15 is 0 Å². The Balaban J connectivity index is 0.000000480. The molecule has 1 aliphatic carbocycles. The summed E-state index contributed by atoms with van der Waals surface area (Å²) in [6, 6.07) is 21.0. The lowest BCUT2D eigenvalue weighted by molar-refractivity contribution is -0.192. The van der Waals surface area contributed by atoms with E-state index in [9.17, 15) is 18.0 Å². The van der Waals surface area contributed by atoms with E-state index in [-0.39, 0.29) is 11.8 Å². The smallest absolute Gasteiger partial charge is 0.490 e. The van der Waals surface area contributed by atoms with Crippen molar-refractivity contribution < 1.29 is 37.3 Å². The number of aromatic amines is 1. The molecule has 46 heavy (non-hydrogen) atoms. The van der Waals surface area contributed by atoms with Gasteiger partial charge in [0.05, 0.1) is 30.3 Å². The van der Waals surface area contributed by atoms with Crippen molar-refractivity contribution in [3.8, 4) is 5.75 Å². The van der Waals surface area contributed by atoms with E-state index in [0.29, 0.717) is 0 Å². The van der Waals surface area contributed by atoms with Crippen LogP contribution in [0.3, 0.4) is 0 Å². The number of hydrogen-bond donors (Lipinski definition) is 3. The molecule has 0 radical (unpaired) electrons. The minimum atomic E-state index is -5.08. The number of benzene rings is 3. The van der Waals surface area contributed by atoms with Crippen LogP contribution in [0.15, 0.2) is 60.7 Å². The summed E-state index contributed by atoms with van der Waals surface area (Å²) in [5.74, 6) is -1.76. The zero-order valence-electron chi connectivity index (χ0n) is 25.1. The van der Waals surface area contributed by atoms with Gasteiger partial charge >= 0.3 is 12.1 Å². The van der Waals surface area contributed by atoms with Gasteiger partial charge in [-0.3, -0.25) is 14.8 Å². The summed E-state index contributed by atoms with van der Waals surface area (Å²) in [7, 11) is 1.66. The third-order valence-electron chi connectivity index (χ3n) is 8.72. The number of nitrogens with zero attached hydrogens (tertiary/aromatic N) is 2. The molecule has 1 spiro atoms. The molecule has 240 valence electrons. The standard InChI is InChI=1S/C32H32N4O3.C2HF3O2/c1-38-24-9-12-29-26(18-24)32(31(37)33-29)19-27(32)23-8-10-25-28(34-35-30(25)17-23)11-7-21-3-5-22(6-4-21)20-36-13-2-15-39-16-14-36;3-2(4,5)1(6)7/h3-12,17-18,27H,2,13-16,19-20H2,1H3,(H,33,37)(H,34,35);(H,6,7)/t27-,32-;/m0./s1. The number of carboxylic acid groups (broad SMARTS) is 1. The minimum Gasteiger partial charge on any atom is -0.497 e. The summed E-state index contributed by atoms with van der Waals surface area (Å²) < 4.78 is 42.7. The van der Waals surface area contributed by atoms with E-state index in [0.717, 1.165) is 90.4 Å². The summed E-state index contributed by atoms with van der Waals surface area (Å²) in [6.07, 6.45) is 0.980. The van der Waals surface area contributed by atoms with Crippen LogP contribution in [-0.4, -0.2) is 71.7 Å². The second kappa shape index (κ2) is 12.6. The topological polar surface area (TPSA) is 117 Å². The average Bonchev–Trinajstić information content (AvgIpc) is 3.67.